The van der Waals surface area contributed by atoms with Gasteiger partial charge < -0.3 is 10.1 Å². The normalized spacial score (nSPS) is 12.2. The fraction of sp³-hybridized carbons (Fsp3) is 0.294. The standard InChI is InChI=1S/C17H20ClNO/c1-13(10-14-6-8-17(20-2)9-7-14)19-12-15-4-3-5-16(18)11-15/h3-9,11,13,19H,10,12H2,1-2H3/p+1/t13-/m1/s1. The minimum absolute atomic E-state index is 0.530. The van der Waals surface area contributed by atoms with Crippen LogP contribution in [0.25, 0.3) is 0 Å². The fourth-order valence-electron chi connectivity index (χ4n) is 2.22. The van der Waals surface area contributed by atoms with Gasteiger partial charge >= 0.3 is 0 Å². The van der Waals surface area contributed by atoms with Gasteiger partial charge in [0.05, 0.1) is 13.2 Å². The van der Waals surface area contributed by atoms with Crippen LogP contribution < -0.4 is 10.1 Å². The number of rotatable bonds is 6. The molecular weight excluding hydrogens is 270 g/mol. The molecule has 0 heterocycles. The van der Waals surface area contributed by atoms with Crippen molar-refractivity contribution in [2.24, 2.45) is 0 Å². The summed E-state index contributed by atoms with van der Waals surface area (Å²) in [6.07, 6.45) is 1.05. The molecule has 0 bridgehead atoms. The second-order valence-electron chi connectivity index (χ2n) is 5.10. The number of halogens is 1. The van der Waals surface area contributed by atoms with E-state index in [4.69, 9.17) is 16.3 Å². The van der Waals surface area contributed by atoms with Gasteiger partial charge in [0.2, 0.25) is 0 Å². The third-order valence-corrected chi connectivity index (χ3v) is 3.60. The highest BCUT2D eigenvalue weighted by molar-refractivity contribution is 6.30. The van der Waals surface area contributed by atoms with Crippen LogP contribution in [0.2, 0.25) is 5.02 Å². The molecule has 0 fully saturated rings. The molecule has 2 nitrogen and oxygen atoms in total. The van der Waals surface area contributed by atoms with Crippen molar-refractivity contribution in [2.75, 3.05) is 7.11 Å². The molecule has 2 N–H and O–H groups in total. The summed E-state index contributed by atoms with van der Waals surface area (Å²) in [6.45, 7) is 3.20. The largest absolute Gasteiger partial charge is 0.497 e. The number of ether oxygens (including phenoxy) is 1. The van der Waals surface area contributed by atoms with E-state index in [9.17, 15) is 0 Å². The molecular formula is C17H21ClNO+. The first kappa shape index (κ1) is 14.9. The van der Waals surface area contributed by atoms with Crippen LogP contribution in [0.3, 0.4) is 0 Å². The van der Waals surface area contributed by atoms with Crippen molar-refractivity contribution in [3.05, 3.63) is 64.7 Å². The summed E-state index contributed by atoms with van der Waals surface area (Å²) in [7, 11) is 1.69. The zero-order valence-corrected chi connectivity index (χ0v) is 12.7. The molecule has 0 aliphatic rings. The van der Waals surface area contributed by atoms with Crippen LogP contribution in [-0.2, 0) is 13.0 Å². The predicted molar refractivity (Wildman–Crippen MR) is 83.2 cm³/mol. The van der Waals surface area contributed by atoms with E-state index in [1.54, 1.807) is 7.11 Å². The van der Waals surface area contributed by atoms with E-state index in [1.165, 1.54) is 11.1 Å². The summed E-state index contributed by atoms with van der Waals surface area (Å²) in [5.41, 5.74) is 2.60. The molecule has 2 aromatic carbocycles. The van der Waals surface area contributed by atoms with Gasteiger partial charge in [-0.2, -0.15) is 0 Å². The van der Waals surface area contributed by atoms with Crippen molar-refractivity contribution in [3.8, 4) is 5.75 Å². The summed E-state index contributed by atoms with van der Waals surface area (Å²) >= 11 is 5.99. The highest BCUT2D eigenvalue weighted by atomic mass is 35.5. The van der Waals surface area contributed by atoms with Crippen LogP contribution in [0.1, 0.15) is 18.1 Å². The molecule has 20 heavy (non-hydrogen) atoms. The maximum atomic E-state index is 5.99. The Hall–Kier alpha value is -1.51. The lowest BCUT2D eigenvalue weighted by Gasteiger charge is -2.11. The van der Waals surface area contributed by atoms with Gasteiger partial charge in [0.25, 0.3) is 0 Å². The summed E-state index contributed by atoms with van der Waals surface area (Å²) < 4.78 is 5.17. The van der Waals surface area contributed by atoms with E-state index in [2.05, 4.69) is 30.4 Å². The molecule has 0 radical (unpaired) electrons. The Bertz CT molecular complexity index is 539. The van der Waals surface area contributed by atoms with Gasteiger partial charge in [0.15, 0.2) is 0 Å². The molecule has 0 aliphatic heterocycles. The van der Waals surface area contributed by atoms with Gasteiger partial charge in [-0.15, -0.1) is 0 Å². The van der Waals surface area contributed by atoms with E-state index in [1.807, 2.05) is 30.3 Å². The quantitative estimate of drug-likeness (QED) is 0.869. The van der Waals surface area contributed by atoms with Crippen molar-refractivity contribution in [3.63, 3.8) is 0 Å². The molecule has 2 aromatic rings. The van der Waals surface area contributed by atoms with Gasteiger partial charge in [-0.25, -0.2) is 0 Å². The van der Waals surface area contributed by atoms with Crippen molar-refractivity contribution in [1.82, 2.24) is 0 Å². The summed E-state index contributed by atoms with van der Waals surface area (Å²) in [4.78, 5) is 0. The third kappa shape index (κ3) is 4.55. The topological polar surface area (TPSA) is 25.8 Å². The Morgan fingerprint density at radius 2 is 1.85 bits per heavy atom. The summed E-state index contributed by atoms with van der Waals surface area (Å²) in [5, 5.41) is 3.15. The molecule has 0 aromatic heterocycles. The lowest BCUT2D eigenvalue weighted by Crippen LogP contribution is -2.88. The molecule has 106 valence electrons. The van der Waals surface area contributed by atoms with E-state index in [0.717, 1.165) is 23.7 Å². The number of hydrogen-bond acceptors (Lipinski definition) is 1. The molecule has 0 spiro atoms. The summed E-state index contributed by atoms with van der Waals surface area (Å²) in [6, 6.07) is 16.9. The van der Waals surface area contributed by atoms with E-state index in [-0.39, 0.29) is 0 Å². The van der Waals surface area contributed by atoms with E-state index < -0.39 is 0 Å². The highest BCUT2D eigenvalue weighted by Crippen LogP contribution is 2.12. The van der Waals surface area contributed by atoms with E-state index in [0.29, 0.717) is 6.04 Å². The zero-order valence-electron chi connectivity index (χ0n) is 12.0. The smallest absolute Gasteiger partial charge is 0.118 e. The number of hydrogen-bond donors (Lipinski definition) is 1. The lowest BCUT2D eigenvalue weighted by atomic mass is 10.1. The number of nitrogens with two attached hydrogens (primary N) is 1. The molecule has 0 unspecified atom stereocenters. The van der Waals surface area contributed by atoms with Crippen molar-refractivity contribution >= 4 is 11.6 Å². The summed E-state index contributed by atoms with van der Waals surface area (Å²) in [5.74, 6) is 0.907. The highest BCUT2D eigenvalue weighted by Gasteiger charge is 2.07. The van der Waals surface area contributed by atoms with Crippen LogP contribution in [-0.4, -0.2) is 13.2 Å². The molecule has 0 saturated heterocycles. The molecule has 3 heteroatoms. The molecule has 0 saturated carbocycles. The zero-order chi connectivity index (χ0) is 14.4. The first-order chi connectivity index (χ1) is 9.67. The van der Waals surface area contributed by atoms with Crippen LogP contribution in [0.5, 0.6) is 5.75 Å². The second kappa shape index (κ2) is 7.32. The number of quaternary nitrogens is 1. The minimum atomic E-state index is 0.530. The first-order valence-electron chi connectivity index (χ1n) is 6.88. The Morgan fingerprint density at radius 3 is 2.50 bits per heavy atom. The molecule has 1 atom stereocenters. The van der Waals surface area contributed by atoms with Gasteiger partial charge in [-0.3, -0.25) is 0 Å². The Kier molecular flexibility index (Phi) is 5.45. The fourth-order valence-corrected chi connectivity index (χ4v) is 2.43. The van der Waals surface area contributed by atoms with Crippen LogP contribution in [0, 0.1) is 0 Å². The van der Waals surface area contributed by atoms with Crippen molar-refractivity contribution in [2.45, 2.75) is 25.9 Å². The SMILES string of the molecule is COc1ccc(C[C@@H](C)[NH2+]Cc2cccc(Cl)c2)cc1. The van der Waals surface area contributed by atoms with Gasteiger partial charge in [0, 0.05) is 17.0 Å². The molecule has 0 amide bonds. The average Bonchev–Trinajstić information content (AvgIpc) is 2.46. The number of benzene rings is 2. The lowest BCUT2D eigenvalue weighted by molar-refractivity contribution is -0.701. The molecule has 0 aliphatic carbocycles. The second-order valence-corrected chi connectivity index (χ2v) is 5.54. The van der Waals surface area contributed by atoms with Gasteiger partial charge in [0.1, 0.15) is 12.3 Å². The first-order valence-corrected chi connectivity index (χ1v) is 7.26. The Morgan fingerprint density at radius 1 is 1.10 bits per heavy atom. The van der Waals surface area contributed by atoms with E-state index >= 15 is 0 Å². The predicted octanol–water partition coefficient (Wildman–Crippen LogP) is 3.04. The Balaban J connectivity index is 1.84. The van der Waals surface area contributed by atoms with Crippen LogP contribution >= 0.6 is 11.6 Å². The number of methoxy groups -OCH3 is 1. The third-order valence-electron chi connectivity index (χ3n) is 3.36. The van der Waals surface area contributed by atoms with Crippen LogP contribution in [0.15, 0.2) is 48.5 Å². The maximum absolute atomic E-state index is 5.99. The van der Waals surface area contributed by atoms with Gasteiger partial charge in [-0.05, 0) is 36.8 Å². The maximum Gasteiger partial charge on any atom is 0.118 e. The minimum Gasteiger partial charge on any atom is -0.497 e. The van der Waals surface area contributed by atoms with Crippen LogP contribution in [0.4, 0.5) is 0 Å². The Labute approximate surface area is 125 Å². The monoisotopic (exact) mass is 290 g/mol. The average molecular weight is 291 g/mol. The molecule has 2 rings (SSSR count). The van der Waals surface area contributed by atoms with Gasteiger partial charge in [-0.1, -0.05) is 35.9 Å². The van der Waals surface area contributed by atoms with Crippen molar-refractivity contribution < 1.29 is 10.1 Å². The van der Waals surface area contributed by atoms with Crippen molar-refractivity contribution in [1.29, 1.82) is 0 Å².